The minimum absolute atomic E-state index is 0.0937. The Morgan fingerprint density at radius 2 is 1.43 bits per heavy atom. The average Bonchev–Trinajstić information content (AvgIpc) is 2.47. The molecule has 0 aliphatic carbocycles. The predicted octanol–water partition coefficient (Wildman–Crippen LogP) is 4.44. The van der Waals surface area contributed by atoms with Crippen molar-refractivity contribution in [1.82, 2.24) is 5.32 Å². The Kier molecular flexibility index (Phi) is 4.73. The summed E-state index contributed by atoms with van der Waals surface area (Å²) in [5, 5.41) is 2.92. The summed E-state index contributed by atoms with van der Waals surface area (Å²) in [6.45, 7) is 6.23. The van der Waals surface area contributed by atoms with Crippen molar-refractivity contribution in [3.63, 3.8) is 0 Å². The topological polar surface area (TPSA) is 29.1 Å². The molecule has 2 aromatic rings. The lowest BCUT2D eigenvalue weighted by Gasteiger charge is -2.15. The van der Waals surface area contributed by atoms with Crippen LogP contribution in [0, 0.1) is 5.82 Å². The summed E-state index contributed by atoms with van der Waals surface area (Å²) in [5.74, 6) is -0.0533. The van der Waals surface area contributed by atoms with E-state index in [0.717, 1.165) is 5.56 Å². The molecule has 0 saturated heterocycles. The van der Waals surface area contributed by atoms with Gasteiger partial charge in [-0.1, -0.05) is 38.1 Å². The first-order valence-corrected chi connectivity index (χ1v) is 7.13. The number of amides is 1. The largest absolute Gasteiger partial charge is 0.346 e. The van der Waals surface area contributed by atoms with Crippen LogP contribution < -0.4 is 5.32 Å². The van der Waals surface area contributed by atoms with Crippen LogP contribution in [0.1, 0.15) is 54.2 Å². The quantitative estimate of drug-likeness (QED) is 0.884. The fourth-order valence-electron chi connectivity index (χ4n) is 2.13. The molecule has 21 heavy (non-hydrogen) atoms. The van der Waals surface area contributed by atoms with Crippen LogP contribution in [0.4, 0.5) is 4.39 Å². The van der Waals surface area contributed by atoms with Crippen LogP contribution in [-0.2, 0) is 0 Å². The molecule has 0 radical (unpaired) electrons. The van der Waals surface area contributed by atoms with Gasteiger partial charge in [-0.25, -0.2) is 4.39 Å². The van der Waals surface area contributed by atoms with E-state index in [1.807, 2.05) is 19.1 Å². The second-order valence-corrected chi connectivity index (χ2v) is 5.52. The first kappa shape index (κ1) is 15.2. The van der Waals surface area contributed by atoms with Gasteiger partial charge in [0.1, 0.15) is 5.82 Å². The second kappa shape index (κ2) is 6.53. The van der Waals surface area contributed by atoms with Crippen molar-refractivity contribution in [3.8, 4) is 0 Å². The maximum absolute atomic E-state index is 12.8. The van der Waals surface area contributed by atoms with Crippen molar-refractivity contribution in [3.05, 3.63) is 71.0 Å². The third-order valence-corrected chi connectivity index (χ3v) is 3.56. The third-order valence-electron chi connectivity index (χ3n) is 3.56. The van der Waals surface area contributed by atoms with Gasteiger partial charge in [-0.3, -0.25) is 4.79 Å². The molecule has 1 amide bonds. The number of halogens is 1. The molecule has 2 nitrogen and oxygen atoms in total. The Morgan fingerprint density at radius 3 is 1.95 bits per heavy atom. The lowest BCUT2D eigenvalue weighted by Crippen LogP contribution is -2.26. The van der Waals surface area contributed by atoms with Crippen molar-refractivity contribution in [2.45, 2.75) is 32.7 Å². The van der Waals surface area contributed by atoms with Gasteiger partial charge in [0.2, 0.25) is 0 Å². The molecule has 0 aliphatic heterocycles. The van der Waals surface area contributed by atoms with Crippen LogP contribution in [0.3, 0.4) is 0 Å². The average molecular weight is 285 g/mol. The molecule has 0 heterocycles. The van der Waals surface area contributed by atoms with E-state index in [2.05, 4.69) is 31.3 Å². The molecule has 1 atom stereocenters. The summed E-state index contributed by atoms with van der Waals surface area (Å²) >= 11 is 0. The van der Waals surface area contributed by atoms with Crippen molar-refractivity contribution < 1.29 is 9.18 Å². The number of carbonyl (C=O) groups excluding carboxylic acids is 1. The maximum atomic E-state index is 12.8. The summed E-state index contributed by atoms with van der Waals surface area (Å²) in [5.41, 5.74) is 2.78. The number of nitrogens with one attached hydrogen (secondary N) is 1. The first-order valence-electron chi connectivity index (χ1n) is 7.13. The van der Waals surface area contributed by atoms with Crippen molar-refractivity contribution in [1.29, 1.82) is 0 Å². The van der Waals surface area contributed by atoms with E-state index in [1.165, 1.54) is 29.8 Å². The molecule has 110 valence electrons. The smallest absolute Gasteiger partial charge is 0.251 e. The Morgan fingerprint density at radius 1 is 0.905 bits per heavy atom. The number of hydrogen-bond donors (Lipinski definition) is 1. The Bertz CT molecular complexity index is 602. The summed E-state index contributed by atoms with van der Waals surface area (Å²) in [6, 6.07) is 13.7. The molecule has 2 aromatic carbocycles. The summed E-state index contributed by atoms with van der Waals surface area (Å²) in [6.07, 6.45) is 0. The zero-order chi connectivity index (χ0) is 15.4. The number of hydrogen-bond acceptors (Lipinski definition) is 1. The maximum Gasteiger partial charge on any atom is 0.251 e. The molecule has 0 aliphatic rings. The third kappa shape index (κ3) is 3.91. The minimum atomic E-state index is -0.344. The van der Waals surface area contributed by atoms with Crippen LogP contribution in [0.25, 0.3) is 0 Å². The molecule has 0 bridgehead atoms. The van der Waals surface area contributed by atoms with E-state index in [0.29, 0.717) is 11.5 Å². The fourth-order valence-corrected chi connectivity index (χ4v) is 2.13. The van der Waals surface area contributed by atoms with Gasteiger partial charge in [-0.05, 0) is 48.2 Å². The lowest BCUT2D eigenvalue weighted by molar-refractivity contribution is 0.0940. The molecule has 0 fully saturated rings. The SMILES string of the molecule is CC(C)c1ccc([C@H](C)NC(=O)c2ccc(F)cc2)cc1. The van der Waals surface area contributed by atoms with Gasteiger partial charge >= 0.3 is 0 Å². The summed E-state index contributed by atoms with van der Waals surface area (Å²) in [4.78, 5) is 12.1. The highest BCUT2D eigenvalue weighted by Gasteiger charge is 2.11. The molecule has 0 saturated carbocycles. The Balaban J connectivity index is 2.05. The predicted molar refractivity (Wildman–Crippen MR) is 82.8 cm³/mol. The molecule has 3 heteroatoms. The normalized spacial score (nSPS) is 12.2. The summed E-state index contributed by atoms with van der Waals surface area (Å²) < 4.78 is 12.8. The van der Waals surface area contributed by atoms with E-state index < -0.39 is 0 Å². The number of rotatable bonds is 4. The molecule has 0 aromatic heterocycles. The molecule has 0 unspecified atom stereocenters. The number of carbonyl (C=O) groups is 1. The van der Waals surface area contributed by atoms with Gasteiger partial charge in [0, 0.05) is 5.56 Å². The first-order chi connectivity index (χ1) is 9.97. The van der Waals surface area contributed by atoms with Crippen molar-refractivity contribution in [2.75, 3.05) is 0 Å². The standard InChI is InChI=1S/C18H20FNO/c1-12(2)14-4-6-15(7-5-14)13(3)20-18(21)16-8-10-17(19)11-9-16/h4-13H,1-3H3,(H,20,21)/t13-/m0/s1. The molecular weight excluding hydrogens is 265 g/mol. The molecule has 1 N–H and O–H groups in total. The number of benzene rings is 2. The van der Waals surface area contributed by atoms with Crippen LogP contribution in [0.5, 0.6) is 0 Å². The van der Waals surface area contributed by atoms with E-state index in [1.54, 1.807) is 0 Å². The zero-order valence-corrected chi connectivity index (χ0v) is 12.6. The van der Waals surface area contributed by atoms with Gasteiger partial charge in [0.05, 0.1) is 6.04 Å². The highest BCUT2D eigenvalue weighted by Crippen LogP contribution is 2.19. The second-order valence-electron chi connectivity index (χ2n) is 5.52. The van der Waals surface area contributed by atoms with Crippen LogP contribution in [-0.4, -0.2) is 5.91 Å². The van der Waals surface area contributed by atoms with Gasteiger partial charge in [-0.15, -0.1) is 0 Å². The van der Waals surface area contributed by atoms with Crippen molar-refractivity contribution in [2.24, 2.45) is 0 Å². The summed E-state index contributed by atoms with van der Waals surface area (Å²) in [7, 11) is 0. The van der Waals surface area contributed by atoms with Gasteiger partial charge in [0.15, 0.2) is 0 Å². The van der Waals surface area contributed by atoms with Crippen LogP contribution in [0.15, 0.2) is 48.5 Å². The molecule has 2 rings (SSSR count). The monoisotopic (exact) mass is 285 g/mol. The van der Waals surface area contributed by atoms with E-state index in [-0.39, 0.29) is 17.8 Å². The zero-order valence-electron chi connectivity index (χ0n) is 12.6. The van der Waals surface area contributed by atoms with E-state index in [4.69, 9.17) is 0 Å². The minimum Gasteiger partial charge on any atom is -0.346 e. The Hall–Kier alpha value is -2.16. The van der Waals surface area contributed by atoms with Crippen molar-refractivity contribution >= 4 is 5.91 Å². The highest BCUT2D eigenvalue weighted by atomic mass is 19.1. The highest BCUT2D eigenvalue weighted by molar-refractivity contribution is 5.94. The van der Waals surface area contributed by atoms with Gasteiger partial charge in [0.25, 0.3) is 5.91 Å². The van der Waals surface area contributed by atoms with Crippen LogP contribution in [0.2, 0.25) is 0 Å². The fraction of sp³-hybridized carbons (Fsp3) is 0.278. The Labute approximate surface area is 125 Å². The lowest BCUT2D eigenvalue weighted by atomic mass is 9.99. The molecule has 0 spiro atoms. The molecular formula is C18H20FNO. The van der Waals surface area contributed by atoms with Gasteiger partial charge < -0.3 is 5.32 Å². The van der Waals surface area contributed by atoms with E-state index in [9.17, 15) is 9.18 Å². The van der Waals surface area contributed by atoms with Gasteiger partial charge in [-0.2, -0.15) is 0 Å². The van der Waals surface area contributed by atoms with Crippen LogP contribution >= 0.6 is 0 Å². The van der Waals surface area contributed by atoms with E-state index >= 15 is 0 Å².